The fraction of sp³-hybridized carbons (Fsp3) is 0.0556. The molecule has 0 atom stereocenters. The van der Waals surface area contributed by atoms with E-state index in [1.54, 1.807) is 19.4 Å². The van der Waals surface area contributed by atoms with E-state index in [0.29, 0.717) is 28.4 Å². The molecule has 0 fully saturated rings. The molecule has 0 aliphatic rings. The summed E-state index contributed by atoms with van der Waals surface area (Å²) in [4.78, 5) is 8.85. The van der Waals surface area contributed by atoms with E-state index < -0.39 is 0 Å². The van der Waals surface area contributed by atoms with Crippen molar-refractivity contribution < 1.29 is 9.94 Å². The molecule has 2 heterocycles. The van der Waals surface area contributed by atoms with E-state index in [-0.39, 0.29) is 0 Å². The fourth-order valence-electron chi connectivity index (χ4n) is 2.31. The Bertz CT molecular complexity index is 832. The number of nitrogens with zero attached hydrogens (tertiary/aromatic N) is 3. The summed E-state index contributed by atoms with van der Waals surface area (Å²) >= 11 is 0. The second-order valence-corrected chi connectivity index (χ2v) is 4.77. The van der Waals surface area contributed by atoms with Crippen LogP contribution >= 0.6 is 0 Å². The Morgan fingerprint density at radius 1 is 0.957 bits per heavy atom. The largest absolute Gasteiger partial charge is 0.496 e. The van der Waals surface area contributed by atoms with E-state index in [9.17, 15) is 5.21 Å². The lowest BCUT2D eigenvalue weighted by atomic mass is 10.1. The number of rotatable bonds is 4. The Balaban J connectivity index is 2.07. The van der Waals surface area contributed by atoms with Gasteiger partial charge in [0.05, 0.1) is 24.2 Å². The summed E-state index contributed by atoms with van der Waals surface area (Å²) in [6, 6.07) is 18.5. The maximum absolute atomic E-state index is 9.49. The third kappa shape index (κ3) is 3.03. The van der Waals surface area contributed by atoms with Gasteiger partial charge in [-0.2, -0.15) is 0 Å². The minimum atomic E-state index is 0.347. The van der Waals surface area contributed by atoms with Crippen LogP contribution in [0.4, 0.5) is 0 Å². The lowest BCUT2D eigenvalue weighted by Crippen LogP contribution is -2.08. The number of oxime groups is 1. The summed E-state index contributed by atoms with van der Waals surface area (Å²) in [5.74, 6) is 0.616. The SMILES string of the molecule is COc1ccccc1/C(=N/O)c1cccc(-c2ccccn2)n1. The molecule has 0 unspecified atom stereocenters. The van der Waals surface area contributed by atoms with E-state index in [0.717, 1.165) is 5.69 Å². The minimum Gasteiger partial charge on any atom is -0.496 e. The van der Waals surface area contributed by atoms with Gasteiger partial charge in [-0.15, -0.1) is 0 Å². The van der Waals surface area contributed by atoms with Gasteiger partial charge in [0.25, 0.3) is 0 Å². The Morgan fingerprint density at radius 3 is 2.48 bits per heavy atom. The van der Waals surface area contributed by atoms with Crippen LogP contribution in [0.15, 0.2) is 72.0 Å². The van der Waals surface area contributed by atoms with Gasteiger partial charge in [0.15, 0.2) is 0 Å². The molecule has 0 amide bonds. The average molecular weight is 305 g/mol. The van der Waals surface area contributed by atoms with E-state index in [1.807, 2.05) is 54.6 Å². The number of methoxy groups -OCH3 is 1. The predicted molar refractivity (Wildman–Crippen MR) is 87.9 cm³/mol. The molecule has 5 heteroatoms. The fourth-order valence-corrected chi connectivity index (χ4v) is 2.31. The summed E-state index contributed by atoms with van der Waals surface area (Å²) in [6.45, 7) is 0. The molecular formula is C18H15N3O2. The zero-order chi connectivity index (χ0) is 16.1. The quantitative estimate of drug-likeness (QED) is 0.456. The summed E-state index contributed by atoms with van der Waals surface area (Å²) in [5.41, 5.74) is 3.02. The third-order valence-corrected chi connectivity index (χ3v) is 3.38. The number of para-hydroxylation sites is 1. The first-order valence-corrected chi connectivity index (χ1v) is 7.08. The predicted octanol–water partition coefficient (Wildman–Crippen LogP) is 3.38. The second-order valence-electron chi connectivity index (χ2n) is 4.77. The molecule has 0 radical (unpaired) electrons. The van der Waals surface area contributed by atoms with Crippen molar-refractivity contribution in [3.05, 3.63) is 78.1 Å². The summed E-state index contributed by atoms with van der Waals surface area (Å²) in [5, 5.41) is 12.9. The number of ether oxygens (including phenoxy) is 1. The van der Waals surface area contributed by atoms with Crippen LogP contribution in [0.3, 0.4) is 0 Å². The molecule has 3 rings (SSSR count). The highest BCUT2D eigenvalue weighted by atomic mass is 16.5. The van der Waals surface area contributed by atoms with Crippen molar-refractivity contribution in [2.75, 3.05) is 7.11 Å². The molecule has 3 aromatic rings. The van der Waals surface area contributed by atoms with Gasteiger partial charge >= 0.3 is 0 Å². The summed E-state index contributed by atoms with van der Waals surface area (Å²) in [6.07, 6.45) is 1.71. The Morgan fingerprint density at radius 2 is 1.74 bits per heavy atom. The molecule has 0 saturated carbocycles. The standard InChI is InChI=1S/C18H15N3O2/c1-23-17-11-3-2-7-13(17)18(21-22)16-10-6-9-15(20-16)14-8-4-5-12-19-14/h2-12,22H,1H3/b21-18-. The van der Waals surface area contributed by atoms with E-state index >= 15 is 0 Å². The van der Waals surface area contributed by atoms with Gasteiger partial charge in [0.2, 0.25) is 0 Å². The number of hydrogen-bond donors (Lipinski definition) is 1. The molecule has 2 aromatic heterocycles. The van der Waals surface area contributed by atoms with Crippen LogP contribution in [0.1, 0.15) is 11.3 Å². The van der Waals surface area contributed by atoms with Crippen LogP contribution in [0.2, 0.25) is 0 Å². The summed E-state index contributed by atoms with van der Waals surface area (Å²) < 4.78 is 5.33. The molecule has 0 saturated heterocycles. The van der Waals surface area contributed by atoms with Crippen molar-refractivity contribution in [1.29, 1.82) is 0 Å². The summed E-state index contributed by atoms with van der Waals surface area (Å²) in [7, 11) is 1.57. The van der Waals surface area contributed by atoms with Crippen molar-refractivity contribution in [3.8, 4) is 17.1 Å². The number of hydrogen-bond acceptors (Lipinski definition) is 5. The van der Waals surface area contributed by atoms with Crippen LogP contribution < -0.4 is 4.74 Å². The zero-order valence-electron chi connectivity index (χ0n) is 12.5. The first-order valence-electron chi connectivity index (χ1n) is 7.08. The highest BCUT2D eigenvalue weighted by molar-refractivity contribution is 6.13. The van der Waals surface area contributed by atoms with Crippen LogP contribution in [0.5, 0.6) is 5.75 Å². The van der Waals surface area contributed by atoms with Crippen molar-refractivity contribution in [2.45, 2.75) is 0 Å². The van der Waals surface area contributed by atoms with Gasteiger partial charge in [-0.05, 0) is 36.4 Å². The normalized spacial score (nSPS) is 11.3. The van der Waals surface area contributed by atoms with Gasteiger partial charge in [0, 0.05) is 11.8 Å². The first kappa shape index (κ1) is 14.7. The lowest BCUT2D eigenvalue weighted by molar-refractivity contribution is 0.319. The molecule has 0 bridgehead atoms. The Labute approximate surface area is 133 Å². The Kier molecular flexibility index (Phi) is 4.29. The highest BCUT2D eigenvalue weighted by Crippen LogP contribution is 2.22. The van der Waals surface area contributed by atoms with Gasteiger partial charge < -0.3 is 9.94 Å². The zero-order valence-corrected chi connectivity index (χ0v) is 12.5. The molecule has 1 N–H and O–H groups in total. The van der Waals surface area contributed by atoms with Gasteiger partial charge in [-0.1, -0.05) is 29.4 Å². The second kappa shape index (κ2) is 6.70. The van der Waals surface area contributed by atoms with Crippen molar-refractivity contribution >= 4 is 5.71 Å². The topological polar surface area (TPSA) is 67.6 Å². The monoisotopic (exact) mass is 305 g/mol. The van der Waals surface area contributed by atoms with Gasteiger partial charge in [0.1, 0.15) is 11.5 Å². The van der Waals surface area contributed by atoms with Crippen LogP contribution in [-0.4, -0.2) is 28.0 Å². The smallest absolute Gasteiger partial charge is 0.139 e. The minimum absolute atomic E-state index is 0.347. The maximum Gasteiger partial charge on any atom is 0.139 e. The van der Waals surface area contributed by atoms with Gasteiger partial charge in [-0.3, -0.25) is 4.98 Å². The molecule has 0 aliphatic carbocycles. The maximum atomic E-state index is 9.49. The lowest BCUT2D eigenvalue weighted by Gasteiger charge is -2.10. The van der Waals surface area contributed by atoms with Crippen LogP contribution in [-0.2, 0) is 0 Å². The number of aromatic nitrogens is 2. The number of benzene rings is 1. The van der Waals surface area contributed by atoms with Crippen molar-refractivity contribution in [3.63, 3.8) is 0 Å². The van der Waals surface area contributed by atoms with Crippen molar-refractivity contribution in [1.82, 2.24) is 9.97 Å². The highest BCUT2D eigenvalue weighted by Gasteiger charge is 2.15. The van der Waals surface area contributed by atoms with Crippen molar-refractivity contribution in [2.24, 2.45) is 5.16 Å². The number of pyridine rings is 2. The molecular weight excluding hydrogens is 290 g/mol. The Hall–Kier alpha value is -3.21. The third-order valence-electron chi connectivity index (χ3n) is 3.38. The molecule has 0 aliphatic heterocycles. The molecule has 114 valence electrons. The van der Waals surface area contributed by atoms with Crippen LogP contribution in [0, 0.1) is 0 Å². The first-order chi connectivity index (χ1) is 11.3. The molecule has 23 heavy (non-hydrogen) atoms. The van der Waals surface area contributed by atoms with E-state index in [4.69, 9.17) is 4.74 Å². The molecule has 5 nitrogen and oxygen atoms in total. The average Bonchev–Trinajstić information content (AvgIpc) is 2.64. The van der Waals surface area contributed by atoms with E-state index in [1.165, 1.54) is 0 Å². The molecule has 1 aromatic carbocycles. The molecule has 0 spiro atoms. The van der Waals surface area contributed by atoms with Gasteiger partial charge in [-0.25, -0.2) is 4.98 Å². The van der Waals surface area contributed by atoms with E-state index in [2.05, 4.69) is 15.1 Å². The van der Waals surface area contributed by atoms with Crippen LogP contribution in [0.25, 0.3) is 11.4 Å².